The summed E-state index contributed by atoms with van der Waals surface area (Å²) in [5, 5.41) is 1.85. The molecule has 0 aromatic carbocycles. The molecule has 2 atom stereocenters. The van der Waals surface area contributed by atoms with Gasteiger partial charge < -0.3 is 31.2 Å². The van der Waals surface area contributed by atoms with E-state index in [1.54, 1.807) is 24.0 Å². The van der Waals surface area contributed by atoms with E-state index >= 15 is 0 Å². The van der Waals surface area contributed by atoms with Crippen molar-refractivity contribution in [2.24, 2.45) is 5.73 Å². The Morgan fingerprint density at radius 3 is 2.43 bits per heavy atom. The fraction of sp³-hybridized carbons (Fsp3) is 0.545. The van der Waals surface area contributed by atoms with Crippen LogP contribution in [0.15, 0.2) is 12.1 Å². The molecule has 1 aliphatic rings. The van der Waals surface area contributed by atoms with Gasteiger partial charge in [-0.1, -0.05) is 0 Å². The van der Waals surface area contributed by atoms with Crippen molar-refractivity contribution >= 4 is 23.5 Å². The van der Waals surface area contributed by atoms with Crippen LogP contribution in [0.25, 0.3) is 0 Å². The fourth-order valence-corrected chi connectivity index (χ4v) is 3.72. The maximum Gasteiger partial charge on any atom is 0.408 e. The van der Waals surface area contributed by atoms with Crippen molar-refractivity contribution in [3.63, 3.8) is 0 Å². The number of nitrogens with one attached hydrogen (secondary N) is 1. The van der Waals surface area contributed by atoms with Crippen molar-refractivity contribution in [1.82, 2.24) is 25.3 Å². The third kappa shape index (κ3) is 7.15. The third-order valence-electron chi connectivity index (χ3n) is 5.73. The van der Waals surface area contributed by atoms with E-state index in [2.05, 4.69) is 19.9 Å². The van der Waals surface area contributed by atoms with Gasteiger partial charge in [-0.3, -0.25) is 9.59 Å². The fourth-order valence-electron chi connectivity index (χ4n) is 3.72. The van der Waals surface area contributed by atoms with Crippen LogP contribution in [0.5, 0.6) is 6.01 Å². The number of carbonyl (C=O) groups excluding carboxylic acids is 2. The second kappa shape index (κ2) is 11.5. The molecule has 202 valence electrons. The zero-order chi connectivity index (χ0) is 27.3. The second-order valence-electron chi connectivity index (χ2n) is 8.66. The summed E-state index contributed by atoms with van der Waals surface area (Å²) in [6.45, 7) is 3.56. The molecular weight excluding hydrogens is 497 g/mol. The SMILES string of the molecule is COC[C@@H](C)Oc1nc(C(=O)N[C@@H](C)C(F)(F)F)nc(N2CCC(c3ccc(N)c(C(N)=O)n3)CC2)n1. The lowest BCUT2D eigenvalue weighted by atomic mass is 9.93. The molecular formula is C22H29F3N8O4. The van der Waals surface area contributed by atoms with E-state index in [1.165, 1.54) is 7.11 Å². The van der Waals surface area contributed by atoms with Gasteiger partial charge in [0.15, 0.2) is 5.69 Å². The first kappa shape index (κ1) is 27.8. The number of anilines is 2. The second-order valence-corrected chi connectivity index (χ2v) is 8.66. The molecule has 0 bridgehead atoms. The lowest BCUT2D eigenvalue weighted by molar-refractivity contribution is -0.149. The van der Waals surface area contributed by atoms with Crippen molar-refractivity contribution in [1.29, 1.82) is 0 Å². The molecule has 15 heteroatoms. The quantitative estimate of drug-likeness (QED) is 0.434. The monoisotopic (exact) mass is 526 g/mol. The Kier molecular flexibility index (Phi) is 8.68. The van der Waals surface area contributed by atoms with Crippen LogP contribution in [-0.2, 0) is 4.74 Å². The Morgan fingerprint density at radius 1 is 1.16 bits per heavy atom. The largest absolute Gasteiger partial charge is 0.458 e. The number of carbonyl (C=O) groups is 2. The van der Waals surface area contributed by atoms with Crippen LogP contribution < -0.4 is 26.4 Å². The minimum atomic E-state index is -4.63. The van der Waals surface area contributed by atoms with Crippen LogP contribution in [0.1, 0.15) is 59.4 Å². The Hall–Kier alpha value is -3.75. The summed E-state index contributed by atoms with van der Waals surface area (Å²) >= 11 is 0. The molecule has 1 saturated heterocycles. The van der Waals surface area contributed by atoms with E-state index in [-0.39, 0.29) is 35.9 Å². The zero-order valence-corrected chi connectivity index (χ0v) is 20.6. The number of ether oxygens (including phenoxy) is 2. The van der Waals surface area contributed by atoms with E-state index in [4.69, 9.17) is 20.9 Å². The Bertz CT molecular complexity index is 1130. The summed E-state index contributed by atoms with van der Waals surface area (Å²) < 4.78 is 49.5. The summed E-state index contributed by atoms with van der Waals surface area (Å²) in [6.07, 6.45) is -3.95. The van der Waals surface area contributed by atoms with Gasteiger partial charge in [-0.25, -0.2) is 4.98 Å². The first-order valence-electron chi connectivity index (χ1n) is 11.5. The van der Waals surface area contributed by atoms with E-state index in [9.17, 15) is 22.8 Å². The highest BCUT2D eigenvalue weighted by Gasteiger charge is 2.38. The molecule has 0 spiro atoms. The lowest BCUT2D eigenvalue weighted by Crippen LogP contribution is -2.44. The Morgan fingerprint density at radius 2 is 1.84 bits per heavy atom. The van der Waals surface area contributed by atoms with Crippen LogP contribution in [0, 0.1) is 0 Å². The topological polar surface area (TPSA) is 171 Å². The molecule has 0 unspecified atom stereocenters. The predicted octanol–water partition coefficient (Wildman–Crippen LogP) is 1.43. The number of piperidine rings is 1. The number of rotatable bonds is 9. The highest BCUT2D eigenvalue weighted by atomic mass is 19.4. The van der Waals surface area contributed by atoms with Gasteiger partial charge in [0.1, 0.15) is 12.1 Å². The van der Waals surface area contributed by atoms with Gasteiger partial charge in [-0.2, -0.15) is 28.1 Å². The van der Waals surface area contributed by atoms with Gasteiger partial charge in [0, 0.05) is 31.8 Å². The lowest BCUT2D eigenvalue weighted by Gasteiger charge is -2.32. The molecule has 1 aliphatic heterocycles. The Labute approximate surface area is 211 Å². The van der Waals surface area contributed by atoms with Gasteiger partial charge >= 0.3 is 12.2 Å². The normalized spacial score (nSPS) is 16.2. The first-order chi connectivity index (χ1) is 17.4. The molecule has 37 heavy (non-hydrogen) atoms. The van der Waals surface area contributed by atoms with Crippen LogP contribution in [-0.4, -0.2) is 76.9 Å². The van der Waals surface area contributed by atoms with Crippen molar-refractivity contribution in [3.8, 4) is 6.01 Å². The third-order valence-corrected chi connectivity index (χ3v) is 5.73. The molecule has 1 fully saturated rings. The number of nitrogen functional groups attached to an aromatic ring is 1. The summed E-state index contributed by atoms with van der Waals surface area (Å²) in [7, 11) is 1.47. The number of primary amides is 1. The number of nitrogens with two attached hydrogens (primary N) is 2. The number of hydrogen-bond acceptors (Lipinski definition) is 10. The molecule has 0 saturated carbocycles. The summed E-state index contributed by atoms with van der Waals surface area (Å²) in [5.74, 6) is -2.26. The summed E-state index contributed by atoms with van der Waals surface area (Å²) in [6, 6.07) is 0.995. The van der Waals surface area contributed by atoms with Crippen LogP contribution >= 0.6 is 0 Å². The molecule has 3 rings (SSSR count). The van der Waals surface area contributed by atoms with Gasteiger partial charge in [0.05, 0.1) is 12.3 Å². The predicted molar refractivity (Wildman–Crippen MR) is 126 cm³/mol. The molecule has 3 heterocycles. The number of amides is 2. The maximum absolute atomic E-state index is 12.9. The van der Waals surface area contributed by atoms with Crippen LogP contribution in [0.2, 0.25) is 0 Å². The van der Waals surface area contributed by atoms with Crippen molar-refractivity contribution in [2.75, 3.05) is 37.4 Å². The number of aromatic nitrogens is 4. The minimum Gasteiger partial charge on any atom is -0.458 e. The molecule has 0 radical (unpaired) electrons. The first-order valence-corrected chi connectivity index (χ1v) is 11.5. The molecule has 0 aliphatic carbocycles. The van der Waals surface area contributed by atoms with E-state index < -0.39 is 36.0 Å². The highest BCUT2D eigenvalue weighted by Crippen LogP contribution is 2.30. The van der Waals surface area contributed by atoms with Crippen molar-refractivity contribution in [2.45, 2.75) is 50.9 Å². The summed E-state index contributed by atoms with van der Waals surface area (Å²) in [5.41, 5.74) is 12.0. The van der Waals surface area contributed by atoms with Gasteiger partial charge in [0.25, 0.3) is 11.8 Å². The van der Waals surface area contributed by atoms with Crippen LogP contribution in [0.3, 0.4) is 0 Å². The van der Waals surface area contributed by atoms with Gasteiger partial charge in [-0.15, -0.1) is 0 Å². The molecule has 12 nitrogen and oxygen atoms in total. The smallest absolute Gasteiger partial charge is 0.408 e. The minimum absolute atomic E-state index is 0.00750. The maximum atomic E-state index is 12.9. The van der Waals surface area contributed by atoms with Crippen molar-refractivity contribution < 1.29 is 32.2 Å². The number of hydrogen-bond donors (Lipinski definition) is 3. The average molecular weight is 527 g/mol. The van der Waals surface area contributed by atoms with E-state index in [0.29, 0.717) is 31.6 Å². The van der Waals surface area contributed by atoms with Gasteiger partial charge in [-0.05, 0) is 38.8 Å². The Balaban J connectivity index is 1.81. The zero-order valence-electron chi connectivity index (χ0n) is 20.6. The summed E-state index contributed by atoms with van der Waals surface area (Å²) in [4.78, 5) is 42.5. The molecule has 2 aromatic heterocycles. The number of pyridine rings is 1. The molecule has 2 amide bonds. The van der Waals surface area contributed by atoms with E-state index in [1.807, 2.05) is 5.32 Å². The number of nitrogens with zero attached hydrogens (tertiary/aromatic N) is 5. The number of halogens is 3. The number of alkyl halides is 3. The number of methoxy groups -OCH3 is 1. The van der Waals surface area contributed by atoms with Gasteiger partial charge in [0.2, 0.25) is 11.8 Å². The van der Waals surface area contributed by atoms with Crippen molar-refractivity contribution in [3.05, 3.63) is 29.3 Å². The highest BCUT2D eigenvalue weighted by molar-refractivity contribution is 5.95. The standard InChI is InChI=1S/C22H29F3N8O4/c1-11(10-36-3)37-21-31-18(19(35)28-12(2)22(23,24)25)30-20(32-21)33-8-6-13(7-9-33)15-5-4-14(26)16(29-15)17(27)34/h4-5,11-13H,6-10,26H2,1-3H3,(H2,27,34)(H,28,35)/t11-,12+/m1/s1. The van der Waals surface area contributed by atoms with Crippen LogP contribution in [0.4, 0.5) is 24.8 Å². The molecule has 5 N–H and O–H groups in total. The molecule has 2 aromatic rings. The van der Waals surface area contributed by atoms with E-state index in [0.717, 1.165) is 6.92 Å². The average Bonchev–Trinajstić information content (AvgIpc) is 2.83.